The van der Waals surface area contributed by atoms with Crippen LogP contribution in [0, 0.1) is 19.8 Å². The van der Waals surface area contributed by atoms with Crippen LogP contribution in [0.3, 0.4) is 0 Å². The molecule has 1 aliphatic heterocycles. The number of carbonyl (C=O) groups is 2. The fourth-order valence-corrected chi connectivity index (χ4v) is 2.95. The Kier molecular flexibility index (Phi) is 3.36. The van der Waals surface area contributed by atoms with E-state index >= 15 is 0 Å². The van der Waals surface area contributed by atoms with E-state index in [-0.39, 0.29) is 23.7 Å². The first-order valence-electron chi connectivity index (χ1n) is 7.50. The molecule has 0 N–H and O–H groups in total. The van der Waals surface area contributed by atoms with E-state index in [0.29, 0.717) is 0 Å². The van der Waals surface area contributed by atoms with Gasteiger partial charge in [0.1, 0.15) is 0 Å². The zero-order valence-corrected chi connectivity index (χ0v) is 12.2. The number of carbonyl (C=O) groups excluding carboxylic acids is 2. The Labute approximate surface area is 120 Å². The summed E-state index contributed by atoms with van der Waals surface area (Å²) >= 11 is 0. The number of hydrogen-bond acceptors (Lipinski definition) is 2. The number of hydrogen-bond donors (Lipinski definition) is 0. The van der Waals surface area contributed by atoms with E-state index in [1.807, 2.05) is 36.9 Å². The van der Waals surface area contributed by atoms with Crippen molar-refractivity contribution in [3.05, 3.63) is 34.9 Å². The molecule has 1 saturated heterocycles. The van der Waals surface area contributed by atoms with Gasteiger partial charge in [-0.1, -0.05) is 12.1 Å². The van der Waals surface area contributed by atoms with Gasteiger partial charge >= 0.3 is 0 Å². The summed E-state index contributed by atoms with van der Waals surface area (Å²) in [7, 11) is 0. The van der Waals surface area contributed by atoms with Crippen molar-refractivity contribution in [2.45, 2.75) is 45.6 Å². The monoisotopic (exact) mass is 271 g/mol. The lowest BCUT2D eigenvalue weighted by Crippen LogP contribution is -2.41. The zero-order valence-electron chi connectivity index (χ0n) is 12.2. The quantitative estimate of drug-likeness (QED) is 0.793. The van der Waals surface area contributed by atoms with Crippen LogP contribution >= 0.6 is 0 Å². The van der Waals surface area contributed by atoms with Crippen molar-refractivity contribution in [1.82, 2.24) is 4.90 Å². The van der Waals surface area contributed by atoms with Crippen LogP contribution < -0.4 is 0 Å². The van der Waals surface area contributed by atoms with Gasteiger partial charge in [-0.2, -0.15) is 0 Å². The van der Waals surface area contributed by atoms with Gasteiger partial charge in [-0.15, -0.1) is 0 Å². The minimum Gasteiger partial charge on any atom is -0.332 e. The van der Waals surface area contributed by atoms with Gasteiger partial charge in [0.2, 0.25) is 5.91 Å². The first kappa shape index (κ1) is 13.3. The number of rotatable bonds is 3. The van der Waals surface area contributed by atoms with E-state index < -0.39 is 0 Å². The topological polar surface area (TPSA) is 37.4 Å². The molecule has 0 spiro atoms. The number of aryl methyl sites for hydroxylation is 2. The highest BCUT2D eigenvalue weighted by atomic mass is 16.2. The molecule has 3 nitrogen and oxygen atoms in total. The molecule has 1 amide bonds. The number of likely N-dealkylation sites (tertiary alicyclic amines) is 1. The van der Waals surface area contributed by atoms with E-state index in [1.54, 1.807) is 0 Å². The molecule has 1 heterocycles. The van der Waals surface area contributed by atoms with Crippen LogP contribution in [-0.2, 0) is 4.79 Å². The highest BCUT2D eigenvalue weighted by Gasteiger charge is 2.40. The largest absolute Gasteiger partial charge is 0.332 e. The van der Waals surface area contributed by atoms with E-state index in [0.717, 1.165) is 43.4 Å². The minimum absolute atomic E-state index is 0.111. The zero-order chi connectivity index (χ0) is 14.3. The lowest BCUT2D eigenvalue weighted by atomic mass is 9.98. The molecule has 20 heavy (non-hydrogen) atoms. The molecule has 3 heteroatoms. The first-order valence-corrected chi connectivity index (χ1v) is 7.50. The Bertz CT molecular complexity index is 560. The maximum atomic E-state index is 12.7. The summed E-state index contributed by atoms with van der Waals surface area (Å²) in [5, 5.41) is 0. The van der Waals surface area contributed by atoms with E-state index in [2.05, 4.69) is 0 Å². The lowest BCUT2D eigenvalue weighted by molar-refractivity contribution is -0.132. The maximum absolute atomic E-state index is 12.7. The third-order valence-electron chi connectivity index (χ3n) is 4.56. The molecule has 3 rings (SSSR count). The number of nitrogens with zero attached hydrogens (tertiary/aromatic N) is 1. The minimum atomic E-state index is -0.231. The summed E-state index contributed by atoms with van der Waals surface area (Å²) in [6.07, 6.45) is 3.75. The maximum Gasteiger partial charge on any atom is 0.226 e. The summed E-state index contributed by atoms with van der Waals surface area (Å²) < 4.78 is 0. The predicted molar refractivity (Wildman–Crippen MR) is 77.7 cm³/mol. The second-order valence-electron chi connectivity index (χ2n) is 6.13. The van der Waals surface area contributed by atoms with Gasteiger partial charge in [0.25, 0.3) is 0 Å². The number of benzene rings is 1. The Morgan fingerprint density at radius 1 is 1.10 bits per heavy atom. The van der Waals surface area contributed by atoms with Crippen molar-refractivity contribution < 1.29 is 9.59 Å². The smallest absolute Gasteiger partial charge is 0.226 e. The number of amides is 1. The summed E-state index contributed by atoms with van der Waals surface area (Å²) in [5.74, 6) is 0.507. The lowest BCUT2D eigenvalue weighted by Gasteiger charge is -2.24. The molecule has 0 radical (unpaired) electrons. The molecule has 0 bridgehead atoms. The van der Waals surface area contributed by atoms with E-state index in [4.69, 9.17) is 0 Å². The van der Waals surface area contributed by atoms with Crippen molar-refractivity contribution in [2.24, 2.45) is 5.92 Å². The third kappa shape index (κ3) is 2.37. The Morgan fingerprint density at radius 3 is 2.50 bits per heavy atom. The molecule has 1 aliphatic carbocycles. The van der Waals surface area contributed by atoms with Crippen LogP contribution in [0.4, 0.5) is 0 Å². The Balaban J connectivity index is 1.81. The molecule has 0 aromatic heterocycles. The van der Waals surface area contributed by atoms with Gasteiger partial charge in [0.05, 0.1) is 6.04 Å². The molecule has 1 unspecified atom stereocenters. The molecule has 1 saturated carbocycles. The molecule has 1 atom stereocenters. The van der Waals surface area contributed by atoms with Gasteiger partial charge in [0, 0.05) is 18.0 Å². The van der Waals surface area contributed by atoms with Gasteiger partial charge in [-0.3, -0.25) is 9.59 Å². The second-order valence-corrected chi connectivity index (χ2v) is 6.13. The second kappa shape index (κ2) is 5.04. The van der Waals surface area contributed by atoms with Crippen LogP contribution in [0.2, 0.25) is 0 Å². The number of Topliss-reactive ketones (excluding diaryl/α,β-unsaturated/α-hetero) is 1. The molecule has 106 valence electrons. The van der Waals surface area contributed by atoms with Crippen LogP contribution in [-0.4, -0.2) is 29.2 Å². The van der Waals surface area contributed by atoms with Gasteiger partial charge < -0.3 is 4.90 Å². The highest BCUT2D eigenvalue weighted by Crippen LogP contribution is 2.34. The van der Waals surface area contributed by atoms with E-state index in [9.17, 15) is 9.59 Å². The average molecular weight is 271 g/mol. The molecule has 1 aromatic carbocycles. The molecular formula is C17H21NO2. The van der Waals surface area contributed by atoms with Crippen LogP contribution in [0.1, 0.15) is 47.2 Å². The molecule has 2 fully saturated rings. The molecule has 2 aliphatic rings. The van der Waals surface area contributed by atoms with Crippen molar-refractivity contribution in [2.75, 3.05) is 6.54 Å². The fourth-order valence-electron chi connectivity index (χ4n) is 2.95. The van der Waals surface area contributed by atoms with Gasteiger partial charge in [-0.25, -0.2) is 0 Å². The van der Waals surface area contributed by atoms with Crippen LogP contribution in [0.5, 0.6) is 0 Å². The van der Waals surface area contributed by atoms with Crippen molar-refractivity contribution in [3.8, 4) is 0 Å². The highest BCUT2D eigenvalue weighted by molar-refractivity contribution is 6.02. The predicted octanol–water partition coefficient (Wildman–Crippen LogP) is 2.89. The van der Waals surface area contributed by atoms with Crippen LogP contribution in [0.15, 0.2) is 18.2 Å². The SMILES string of the molecule is Cc1ccc(C(=O)C2CCCN2C(=O)C2CC2)cc1C. The van der Waals surface area contributed by atoms with Gasteiger partial charge in [-0.05, 0) is 56.7 Å². The Morgan fingerprint density at radius 2 is 1.85 bits per heavy atom. The Hall–Kier alpha value is -1.64. The first-order chi connectivity index (χ1) is 9.58. The standard InChI is InChI=1S/C17H21NO2/c1-11-5-6-14(10-12(11)2)16(19)15-4-3-9-18(15)17(20)13-7-8-13/h5-6,10,13,15H,3-4,7-9H2,1-2H3. The average Bonchev–Trinajstić information content (AvgIpc) is 3.17. The fraction of sp³-hybridized carbons (Fsp3) is 0.529. The third-order valence-corrected chi connectivity index (χ3v) is 4.56. The summed E-state index contributed by atoms with van der Waals surface area (Å²) in [6.45, 7) is 4.81. The number of ketones is 1. The summed E-state index contributed by atoms with van der Waals surface area (Å²) in [4.78, 5) is 26.8. The van der Waals surface area contributed by atoms with Crippen molar-refractivity contribution in [1.29, 1.82) is 0 Å². The summed E-state index contributed by atoms with van der Waals surface area (Å²) in [6, 6.07) is 5.61. The normalized spacial score (nSPS) is 22.1. The van der Waals surface area contributed by atoms with E-state index in [1.165, 1.54) is 5.56 Å². The van der Waals surface area contributed by atoms with Crippen molar-refractivity contribution in [3.63, 3.8) is 0 Å². The summed E-state index contributed by atoms with van der Waals surface area (Å²) in [5.41, 5.74) is 3.07. The van der Waals surface area contributed by atoms with Crippen LogP contribution in [0.25, 0.3) is 0 Å². The molecular weight excluding hydrogens is 250 g/mol. The van der Waals surface area contributed by atoms with Gasteiger partial charge in [0.15, 0.2) is 5.78 Å². The molecule has 1 aromatic rings. The van der Waals surface area contributed by atoms with Crippen molar-refractivity contribution >= 4 is 11.7 Å².